The van der Waals surface area contributed by atoms with Gasteiger partial charge in [0.1, 0.15) is 11.2 Å². The molecule has 4 heterocycles. The molecule has 0 aliphatic carbocycles. The van der Waals surface area contributed by atoms with Gasteiger partial charge in [0.2, 0.25) is 5.95 Å². The topological polar surface area (TPSA) is 48.8 Å². The van der Waals surface area contributed by atoms with Crippen molar-refractivity contribution < 1.29 is 4.42 Å². The van der Waals surface area contributed by atoms with Gasteiger partial charge in [-0.3, -0.25) is 4.57 Å². The minimum Gasteiger partial charge on any atom is -0.455 e. The van der Waals surface area contributed by atoms with Crippen molar-refractivity contribution >= 4 is 87.2 Å². The van der Waals surface area contributed by atoms with Gasteiger partial charge in [-0.25, -0.2) is 9.97 Å². The molecule has 0 aliphatic rings. The maximum Gasteiger partial charge on any atom is 0.235 e. The van der Waals surface area contributed by atoms with E-state index in [9.17, 15) is 0 Å². The summed E-state index contributed by atoms with van der Waals surface area (Å²) in [6, 6.07) is 68.7. The average Bonchev–Trinajstić information content (AvgIpc) is 3.96. The Labute approximate surface area is 337 Å². The Balaban J connectivity index is 1.07. The number of benzene rings is 9. The van der Waals surface area contributed by atoms with E-state index < -0.39 is 0 Å². The highest BCUT2D eigenvalue weighted by Gasteiger charge is 2.23. The number of nitrogens with zero attached hydrogens (tertiary/aromatic N) is 4. The highest BCUT2D eigenvalue weighted by molar-refractivity contribution is 6.29. The molecule has 0 atom stereocenters. The first-order valence-electron chi connectivity index (χ1n) is 20.0. The first kappa shape index (κ1) is 32.1. The molecule has 274 valence electrons. The number of rotatable bonds is 4. The van der Waals surface area contributed by atoms with Gasteiger partial charge in [0.15, 0.2) is 0 Å². The van der Waals surface area contributed by atoms with Crippen LogP contribution in [-0.2, 0) is 0 Å². The van der Waals surface area contributed by atoms with Crippen LogP contribution >= 0.6 is 0 Å². The fourth-order valence-corrected chi connectivity index (χ4v) is 9.55. The Morgan fingerprint density at radius 1 is 0.356 bits per heavy atom. The maximum absolute atomic E-state index is 7.14. The van der Waals surface area contributed by atoms with Crippen molar-refractivity contribution in [2.75, 3.05) is 0 Å². The number of furan rings is 1. The van der Waals surface area contributed by atoms with Crippen LogP contribution in [-0.4, -0.2) is 19.1 Å². The van der Waals surface area contributed by atoms with Crippen molar-refractivity contribution in [1.29, 1.82) is 0 Å². The highest BCUT2D eigenvalue weighted by Crippen LogP contribution is 2.45. The molecule has 4 aromatic heterocycles. The van der Waals surface area contributed by atoms with Crippen LogP contribution in [0.5, 0.6) is 0 Å². The Kier molecular flexibility index (Phi) is 6.66. The summed E-state index contributed by atoms with van der Waals surface area (Å²) in [5, 5.41) is 10.1. The predicted octanol–water partition coefficient (Wildman–Crippen LogP) is 14.2. The smallest absolute Gasteiger partial charge is 0.235 e. The van der Waals surface area contributed by atoms with Gasteiger partial charge in [0, 0.05) is 49.3 Å². The lowest BCUT2D eigenvalue weighted by atomic mass is 10.0. The fraction of sp³-hybridized carbons (Fsp3) is 0. The Morgan fingerprint density at radius 3 is 1.64 bits per heavy atom. The van der Waals surface area contributed by atoms with Crippen LogP contribution in [0.3, 0.4) is 0 Å². The second-order valence-corrected chi connectivity index (χ2v) is 15.3. The van der Waals surface area contributed by atoms with Crippen LogP contribution in [0.4, 0.5) is 0 Å². The molecule has 0 unspecified atom stereocenters. The monoisotopic (exact) mass is 752 g/mol. The average molecular weight is 753 g/mol. The van der Waals surface area contributed by atoms with Gasteiger partial charge >= 0.3 is 0 Å². The molecule has 13 rings (SSSR count). The highest BCUT2D eigenvalue weighted by atomic mass is 16.3. The van der Waals surface area contributed by atoms with Crippen molar-refractivity contribution in [1.82, 2.24) is 19.1 Å². The molecular formula is C54H32N4O. The molecule has 5 heteroatoms. The molecule has 0 spiro atoms. The Morgan fingerprint density at radius 2 is 0.915 bits per heavy atom. The van der Waals surface area contributed by atoms with Gasteiger partial charge in [-0.05, 0) is 52.9 Å². The van der Waals surface area contributed by atoms with Crippen LogP contribution < -0.4 is 0 Å². The minimum absolute atomic E-state index is 0.617. The quantitative estimate of drug-likeness (QED) is 0.180. The first-order chi connectivity index (χ1) is 29.3. The third-order valence-electron chi connectivity index (χ3n) is 12.1. The van der Waals surface area contributed by atoms with Crippen LogP contribution in [0, 0.1) is 0 Å². The SMILES string of the molecule is c1ccc(-c2ccc(-c3nc(-n4c5ccccc5c5c6oc7cc(-n8c9ccccc9c9ccccc98)c8ccccc8c7c6ccc54)nc4ccccc34)cc2)cc1. The second kappa shape index (κ2) is 12.2. The lowest BCUT2D eigenvalue weighted by Crippen LogP contribution is -2.03. The van der Waals surface area contributed by atoms with Crippen LogP contribution in [0.2, 0.25) is 0 Å². The number of hydrogen-bond acceptors (Lipinski definition) is 3. The van der Waals surface area contributed by atoms with Crippen molar-refractivity contribution in [3.05, 3.63) is 194 Å². The van der Waals surface area contributed by atoms with E-state index in [0.29, 0.717) is 5.95 Å². The number of hydrogen-bond donors (Lipinski definition) is 0. The lowest BCUT2D eigenvalue weighted by Gasteiger charge is -2.12. The van der Waals surface area contributed by atoms with Crippen molar-refractivity contribution in [2.24, 2.45) is 0 Å². The van der Waals surface area contributed by atoms with E-state index in [1.807, 2.05) is 12.1 Å². The molecule has 0 saturated heterocycles. The largest absolute Gasteiger partial charge is 0.455 e. The molecule has 0 amide bonds. The van der Waals surface area contributed by atoms with E-state index in [-0.39, 0.29) is 0 Å². The normalized spacial score (nSPS) is 12.1. The second-order valence-electron chi connectivity index (χ2n) is 15.3. The first-order valence-corrected chi connectivity index (χ1v) is 20.0. The summed E-state index contributed by atoms with van der Waals surface area (Å²) in [6.45, 7) is 0. The molecular weight excluding hydrogens is 721 g/mol. The lowest BCUT2D eigenvalue weighted by molar-refractivity contribution is 0.673. The molecule has 0 N–H and O–H groups in total. The third-order valence-corrected chi connectivity index (χ3v) is 12.1. The predicted molar refractivity (Wildman–Crippen MR) is 244 cm³/mol. The minimum atomic E-state index is 0.617. The van der Waals surface area contributed by atoms with E-state index in [2.05, 4.69) is 191 Å². The summed E-state index contributed by atoms with van der Waals surface area (Å²) in [5.74, 6) is 0.617. The summed E-state index contributed by atoms with van der Waals surface area (Å²) in [7, 11) is 0. The fourth-order valence-electron chi connectivity index (χ4n) is 9.55. The number of para-hydroxylation sites is 4. The van der Waals surface area contributed by atoms with E-state index in [4.69, 9.17) is 14.4 Å². The van der Waals surface area contributed by atoms with Crippen LogP contribution in [0.1, 0.15) is 0 Å². The zero-order valence-corrected chi connectivity index (χ0v) is 31.7. The summed E-state index contributed by atoms with van der Waals surface area (Å²) in [4.78, 5) is 10.6. The van der Waals surface area contributed by atoms with Crippen molar-refractivity contribution in [3.63, 3.8) is 0 Å². The van der Waals surface area contributed by atoms with Gasteiger partial charge in [-0.1, -0.05) is 152 Å². The van der Waals surface area contributed by atoms with Crippen LogP contribution in [0.15, 0.2) is 199 Å². The summed E-state index contributed by atoms with van der Waals surface area (Å²) in [5.41, 5.74) is 12.3. The van der Waals surface area contributed by atoms with E-state index in [1.165, 1.54) is 38.3 Å². The molecule has 9 aromatic carbocycles. The van der Waals surface area contributed by atoms with E-state index >= 15 is 0 Å². The van der Waals surface area contributed by atoms with Gasteiger partial charge in [0.25, 0.3) is 0 Å². The molecule has 0 aliphatic heterocycles. The number of aromatic nitrogens is 4. The van der Waals surface area contributed by atoms with E-state index in [0.717, 1.165) is 77.0 Å². The van der Waals surface area contributed by atoms with Crippen LogP contribution in [0.25, 0.3) is 121 Å². The summed E-state index contributed by atoms with van der Waals surface area (Å²) >= 11 is 0. The molecule has 13 aromatic rings. The molecule has 0 bridgehead atoms. The maximum atomic E-state index is 7.14. The molecule has 0 radical (unpaired) electrons. The molecule has 59 heavy (non-hydrogen) atoms. The van der Waals surface area contributed by atoms with Crippen molar-refractivity contribution in [2.45, 2.75) is 0 Å². The summed E-state index contributed by atoms with van der Waals surface area (Å²) < 4.78 is 11.7. The molecule has 0 saturated carbocycles. The zero-order valence-electron chi connectivity index (χ0n) is 31.7. The van der Waals surface area contributed by atoms with Gasteiger partial charge < -0.3 is 8.98 Å². The van der Waals surface area contributed by atoms with Gasteiger partial charge in [-0.15, -0.1) is 0 Å². The number of fused-ring (bicyclic) bond motifs is 13. The Hall–Kier alpha value is -8.02. The molecule has 0 fully saturated rings. The standard InChI is InChI=1S/C54H32N4O/c1-2-14-33(15-3-1)34-26-28-35(29-27-34)52-40-20-6-10-22-43(40)55-54(56-52)58-46-25-13-9-21-41(46)51-47(58)31-30-42-50-39-19-5-4-18-38(39)48(32-49(50)59-53(42)51)57-44-23-11-7-16-36(44)37-17-8-12-24-45(37)57/h1-32H. The van der Waals surface area contributed by atoms with E-state index in [1.54, 1.807) is 0 Å². The third kappa shape index (κ3) is 4.61. The zero-order chi connectivity index (χ0) is 38.6. The summed E-state index contributed by atoms with van der Waals surface area (Å²) in [6.07, 6.45) is 0. The molecule has 5 nitrogen and oxygen atoms in total. The van der Waals surface area contributed by atoms with Gasteiger partial charge in [0.05, 0.1) is 44.4 Å². The van der Waals surface area contributed by atoms with Gasteiger partial charge in [-0.2, -0.15) is 0 Å². The Bertz CT molecular complexity index is 3780. The van der Waals surface area contributed by atoms with Crippen molar-refractivity contribution in [3.8, 4) is 34.0 Å².